The molecular formula is C12H24N2O. The van der Waals surface area contributed by atoms with Crippen molar-refractivity contribution >= 4 is 5.91 Å². The van der Waals surface area contributed by atoms with Crippen LogP contribution in [0.15, 0.2) is 0 Å². The molecule has 0 bridgehead atoms. The summed E-state index contributed by atoms with van der Waals surface area (Å²) in [6.45, 7) is 9.57. The summed E-state index contributed by atoms with van der Waals surface area (Å²) in [7, 11) is 0. The van der Waals surface area contributed by atoms with Gasteiger partial charge in [-0.3, -0.25) is 9.69 Å². The Balaban J connectivity index is 2.22. The lowest BCUT2D eigenvalue weighted by Crippen LogP contribution is -2.45. The molecule has 1 N–H and O–H groups in total. The van der Waals surface area contributed by atoms with Crippen LogP contribution >= 0.6 is 0 Å². The van der Waals surface area contributed by atoms with Crippen molar-refractivity contribution in [3.8, 4) is 0 Å². The van der Waals surface area contributed by atoms with Crippen LogP contribution in [-0.2, 0) is 4.79 Å². The molecule has 0 radical (unpaired) electrons. The molecule has 1 unspecified atom stereocenters. The van der Waals surface area contributed by atoms with Gasteiger partial charge in [0.1, 0.15) is 0 Å². The van der Waals surface area contributed by atoms with Gasteiger partial charge in [-0.2, -0.15) is 0 Å². The Hall–Kier alpha value is -0.570. The summed E-state index contributed by atoms with van der Waals surface area (Å²) < 4.78 is 0. The highest BCUT2D eigenvalue weighted by Gasteiger charge is 2.20. The van der Waals surface area contributed by atoms with Gasteiger partial charge in [0, 0.05) is 19.0 Å². The van der Waals surface area contributed by atoms with Crippen molar-refractivity contribution < 1.29 is 4.79 Å². The van der Waals surface area contributed by atoms with E-state index in [1.165, 1.54) is 25.9 Å². The van der Waals surface area contributed by atoms with Crippen molar-refractivity contribution in [3.63, 3.8) is 0 Å². The first-order chi connectivity index (χ1) is 7.13. The smallest absolute Gasteiger partial charge is 0.219 e. The average Bonchev–Trinajstić information content (AvgIpc) is 2.26. The molecule has 88 valence electrons. The third-order valence-corrected chi connectivity index (χ3v) is 3.36. The van der Waals surface area contributed by atoms with Gasteiger partial charge in [0.05, 0.1) is 0 Å². The third kappa shape index (κ3) is 4.20. The first kappa shape index (κ1) is 12.5. The topological polar surface area (TPSA) is 32.3 Å². The molecule has 3 heteroatoms. The van der Waals surface area contributed by atoms with Gasteiger partial charge in [0.15, 0.2) is 0 Å². The molecule has 0 aliphatic carbocycles. The Morgan fingerprint density at radius 3 is 2.60 bits per heavy atom. The van der Waals surface area contributed by atoms with Crippen LogP contribution in [0.4, 0.5) is 0 Å². The second-order valence-electron chi connectivity index (χ2n) is 4.73. The molecule has 1 fully saturated rings. The Morgan fingerprint density at radius 2 is 2.07 bits per heavy atom. The monoisotopic (exact) mass is 212 g/mol. The summed E-state index contributed by atoms with van der Waals surface area (Å²) in [5.41, 5.74) is 0. The molecule has 0 aromatic rings. The Labute approximate surface area is 93.2 Å². The standard InChI is InChI=1S/C12H24N2O/c1-4-12(15)13-9-11(3)14-7-5-10(2)6-8-14/h10-11H,4-9H2,1-3H3,(H,13,15). The highest BCUT2D eigenvalue weighted by molar-refractivity contribution is 5.75. The van der Waals surface area contributed by atoms with E-state index in [2.05, 4.69) is 24.1 Å². The second-order valence-corrected chi connectivity index (χ2v) is 4.73. The number of nitrogens with one attached hydrogen (secondary N) is 1. The zero-order valence-corrected chi connectivity index (χ0v) is 10.3. The van der Waals surface area contributed by atoms with E-state index in [1.54, 1.807) is 0 Å². The Kier molecular flexibility index (Phi) is 5.09. The lowest BCUT2D eigenvalue weighted by atomic mass is 9.98. The first-order valence-corrected chi connectivity index (χ1v) is 6.14. The zero-order chi connectivity index (χ0) is 11.3. The minimum absolute atomic E-state index is 0.159. The van der Waals surface area contributed by atoms with Gasteiger partial charge in [-0.1, -0.05) is 13.8 Å². The minimum Gasteiger partial charge on any atom is -0.355 e. The molecule has 1 amide bonds. The Bertz CT molecular complexity index is 198. The summed E-state index contributed by atoms with van der Waals surface area (Å²) in [4.78, 5) is 13.6. The molecule has 0 aromatic carbocycles. The van der Waals surface area contributed by atoms with Crippen LogP contribution in [-0.4, -0.2) is 36.5 Å². The number of hydrogen-bond acceptors (Lipinski definition) is 2. The fraction of sp³-hybridized carbons (Fsp3) is 0.917. The maximum Gasteiger partial charge on any atom is 0.219 e. The predicted molar refractivity (Wildman–Crippen MR) is 62.7 cm³/mol. The maximum absolute atomic E-state index is 11.1. The van der Waals surface area contributed by atoms with Crippen LogP contribution in [0.3, 0.4) is 0 Å². The lowest BCUT2D eigenvalue weighted by molar-refractivity contribution is -0.121. The highest BCUT2D eigenvalue weighted by Crippen LogP contribution is 2.17. The zero-order valence-electron chi connectivity index (χ0n) is 10.3. The van der Waals surface area contributed by atoms with E-state index in [-0.39, 0.29) is 5.91 Å². The van der Waals surface area contributed by atoms with Crippen molar-refractivity contribution in [2.75, 3.05) is 19.6 Å². The first-order valence-electron chi connectivity index (χ1n) is 6.14. The van der Waals surface area contributed by atoms with E-state index in [4.69, 9.17) is 0 Å². The molecule has 3 nitrogen and oxygen atoms in total. The van der Waals surface area contributed by atoms with Crippen LogP contribution in [0.1, 0.15) is 40.0 Å². The molecule has 1 atom stereocenters. The maximum atomic E-state index is 11.1. The van der Waals surface area contributed by atoms with Gasteiger partial charge in [0.2, 0.25) is 5.91 Å². The van der Waals surface area contributed by atoms with Gasteiger partial charge in [0.25, 0.3) is 0 Å². The lowest BCUT2D eigenvalue weighted by Gasteiger charge is -2.34. The van der Waals surface area contributed by atoms with Crippen LogP contribution in [0.25, 0.3) is 0 Å². The van der Waals surface area contributed by atoms with Gasteiger partial charge in [-0.25, -0.2) is 0 Å². The summed E-state index contributed by atoms with van der Waals surface area (Å²) in [6, 6.07) is 0.480. The number of hydrogen-bond donors (Lipinski definition) is 1. The molecule has 0 aromatic heterocycles. The Morgan fingerprint density at radius 1 is 1.47 bits per heavy atom. The van der Waals surface area contributed by atoms with Gasteiger partial charge >= 0.3 is 0 Å². The van der Waals surface area contributed by atoms with E-state index >= 15 is 0 Å². The normalized spacial score (nSPS) is 21.3. The van der Waals surface area contributed by atoms with E-state index < -0.39 is 0 Å². The largest absolute Gasteiger partial charge is 0.355 e. The van der Waals surface area contributed by atoms with Crippen molar-refractivity contribution in [1.82, 2.24) is 10.2 Å². The van der Waals surface area contributed by atoms with E-state index in [9.17, 15) is 4.79 Å². The molecule has 0 spiro atoms. The molecule has 1 aliphatic rings. The fourth-order valence-corrected chi connectivity index (χ4v) is 1.98. The number of amides is 1. The molecule has 1 saturated heterocycles. The summed E-state index contributed by atoms with van der Waals surface area (Å²) in [5.74, 6) is 1.03. The predicted octanol–water partition coefficient (Wildman–Crippen LogP) is 1.63. The van der Waals surface area contributed by atoms with Crippen molar-refractivity contribution in [2.45, 2.75) is 46.1 Å². The van der Waals surface area contributed by atoms with Gasteiger partial charge in [-0.15, -0.1) is 0 Å². The SMILES string of the molecule is CCC(=O)NCC(C)N1CCC(C)CC1. The van der Waals surface area contributed by atoms with E-state index in [0.29, 0.717) is 12.5 Å². The van der Waals surface area contributed by atoms with Crippen molar-refractivity contribution in [1.29, 1.82) is 0 Å². The molecule has 1 heterocycles. The van der Waals surface area contributed by atoms with Crippen LogP contribution in [0, 0.1) is 5.92 Å². The summed E-state index contributed by atoms with van der Waals surface area (Å²) in [6.07, 6.45) is 3.18. The summed E-state index contributed by atoms with van der Waals surface area (Å²) in [5, 5.41) is 2.96. The quantitative estimate of drug-likeness (QED) is 0.768. The number of likely N-dealkylation sites (tertiary alicyclic amines) is 1. The number of carbonyl (C=O) groups excluding carboxylic acids is 1. The molecular weight excluding hydrogens is 188 g/mol. The third-order valence-electron chi connectivity index (χ3n) is 3.36. The van der Waals surface area contributed by atoms with Crippen LogP contribution in [0.2, 0.25) is 0 Å². The molecule has 0 saturated carbocycles. The number of carbonyl (C=O) groups is 1. The highest BCUT2D eigenvalue weighted by atomic mass is 16.1. The number of rotatable bonds is 4. The van der Waals surface area contributed by atoms with E-state index in [0.717, 1.165) is 12.5 Å². The number of piperidine rings is 1. The fourth-order valence-electron chi connectivity index (χ4n) is 1.98. The second kappa shape index (κ2) is 6.11. The average molecular weight is 212 g/mol. The van der Waals surface area contributed by atoms with Crippen molar-refractivity contribution in [2.24, 2.45) is 5.92 Å². The van der Waals surface area contributed by atoms with Gasteiger partial charge in [-0.05, 0) is 38.8 Å². The summed E-state index contributed by atoms with van der Waals surface area (Å²) >= 11 is 0. The van der Waals surface area contributed by atoms with E-state index in [1.807, 2.05) is 6.92 Å². The minimum atomic E-state index is 0.159. The molecule has 1 rings (SSSR count). The van der Waals surface area contributed by atoms with Crippen molar-refractivity contribution in [3.05, 3.63) is 0 Å². The number of nitrogens with zero attached hydrogens (tertiary/aromatic N) is 1. The van der Waals surface area contributed by atoms with Gasteiger partial charge < -0.3 is 5.32 Å². The van der Waals surface area contributed by atoms with Crippen LogP contribution in [0.5, 0.6) is 0 Å². The molecule has 15 heavy (non-hydrogen) atoms. The van der Waals surface area contributed by atoms with Crippen LogP contribution < -0.4 is 5.32 Å². The molecule has 1 aliphatic heterocycles.